The summed E-state index contributed by atoms with van der Waals surface area (Å²) in [6.45, 7) is 0.166. The number of hydrogen-bond donors (Lipinski definition) is 2. The van der Waals surface area contributed by atoms with E-state index in [-0.39, 0.29) is 17.8 Å². The van der Waals surface area contributed by atoms with Gasteiger partial charge in [0.2, 0.25) is 0 Å². The Morgan fingerprint density at radius 1 is 1.43 bits per heavy atom. The second kappa shape index (κ2) is 6.84. The zero-order chi connectivity index (χ0) is 15.2. The first-order valence-corrected chi connectivity index (χ1v) is 6.39. The van der Waals surface area contributed by atoms with E-state index in [1.165, 1.54) is 36.7 Å². The molecule has 0 aliphatic carbocycles. The van der Waals surface area contributed by atoms with Crippen LogP contribution in [0.3, 0.4) is 0 Å². The van der Waals surface area contributed by atoms with Crippen LogP contribution in [-0.2, 0) is 0 Å². The fourth-order valence-electron chi connectivity index (χ4n) is 1.62. The second-order valence-corrected chi connectivity index (χ2v) is 4.44. The van der Waals surface area contributed by atoms with E-state index in [1.54, 1.807) is 0 Å². The van der Waals surface area contributed by atoms with Crippen LogP contribution < -0.4 is 11.1 Å². The number of carbonyl (C=O) groups is 1. The van der Waals surface area contributed by atoms with Crippen molar-refractivity contribution in [1.29, 1.82) is 0 Å². The van der Waals surface area contributed by atoms with Gasteiger partial charge in [-0.25, -0.2) is 4.39 Å². The summed E-state index contributed by atoms with van der Waals surface area (Å²) >= 11 is 5.78. The molecule has 2 aromatic rings. The van der Waals surface area contributed by atoms with Gasteiger partial charge < -0.3 is 11.1 Å². The Hall–Kier alpha value is -2.42. The van der Waals surface area contributed by atoms with Crippen LogP contribution in [0.4, 0.5) is 10.1 Å². The molecule has 0 saturated heterocycles. The van der Waals surface area contributed by atoms with E-state index in [4.69, 9.17) is 17.3 Å². The van der Waals surface area contributed by atoms with Gasteiger partial charge in [0.15, 0.2) is 0 Å². The van der Waals surface area contributed by atoms with E-state index in [1.807, 2.05) is 0 Å². The van der Waals surface area contributed by atoms with Gasteiger partial charge in [-0.15, -0.1) is 0 Å². The number of benzene rings is 1. The van der Waals surface area contributed by atoms with Crippen molar-refractivity contribution in [1.82, 2.24) is 4.98 Å². The molecule has 1 aromatic heterocycles. The van der Waals surface area contributed by atoms with Gasteiger partial charge in [-0.3, -0.25) is 9.78 Å². The van der Waals surface area contributed by atoms with E-state index >= 15 is 0 Å². The molecule has 0 radical (unpaired) electrons. The minimum Gasteiger partial charge on any atom is -0.320 e. The van der Waals surface area contributed by atoms with Crippen molar-refractivity contribution in [3.63, 3.8) is 0 Å². The van der Waals surface area contributed by atoms with Gasteiger partial charge in [-0.2, -0.15) is 0 Å². The Balaban J connectivity index is 2.31. The second-order valence-electron chi connectivity index (χ2n) is 4.01. The highest BCUT2D eigenvalue weighted by Gasteiger charge is 2.13. The summed E-state index contributed by atoms with van der Waals surface area (Å²) in [5.41, 5.74) is 6.01. The third-order valence-corrected chi connectivity index (χ3v) is 2.80. The Kier molecular flexibility index (Phi) is 4.88. The molecule has 1 aromatic carbocycles. The zero-order valence-corrected chi connectivity index (χ0v) is 11.6. The smallest absolute Gasteiger partial charge is 0.257 e. The largest absolute Gasteiger partial charge is 0.320 e. The van der Waals surface area contributed by atoms with Crippen molar-refractivity contribution in [2.45, 2.75) is 0 Å². The molecule has 0 atom stereocenters. The number of halogens is 2. The summed E-state index contributed by atoms with van der Waals surface area (Å²) in [4.78, 5) is 16.1. The van der Waals surface area contributed by atoms with Gasteiger partial charge in [-0.1, -0.05) is 23.4 Å². The van der Waals surface area contributed by atoms with Gasteiger partial charge in [0.1, 0.15) is 5.82 Å². The van der Waals surface area contributed by atoms with Crippen LogP contribution in [0.2, 0.25) is 5.02 Å². The van der Waals surface area contributed by atoms with Crippen LogP contribution in [-0.4, -0.2) is 17.4 Å². The van der Waals surface area contributed by atoms with Crippen molar-refractivity contribution in [3.05, 3.63) is 58.6 Å². The van der Waals surface area contributed by atoms with Crippen molar-refractivity contribution in [2.75, 3.05) is 11.9 Å². The van der Waals surface area contributed by atoms with Crippen molar-refractivity contribution < 1.29 is 9.18 Å². The maximum absolute atomic E-state index is 13.6. The normalized spacial score (nSPS) is 9.67. The molecule has 6 heteroatoms. The lowest BCUT2D eigenvalue weighted by Crippen LogP contribution is -2.14. The average molecular weight is 304 g/mol. The number of hydrogen-bond acceptors (Lipinski definition) is 3. The molecule has 0 saturated carbocycles. The number of carbonyl (C=O) groups excluding carboxylic acids is 1. The monoisotopic (exact) mass is 303 g/mol. The molecule has 0 spiro atoms. The van der Waals surface area contributed by atoms with E-state index in [0.29, 0.717) is 10.6 Å². The Bertz CT molecular complexity index is 737. The number of nitrogens with one attached hydrogen (secondary N) is 1. The van der Waals surface area contributed by atoms with Gasteiger partial charge in [0.05, 0.1) is 23.4 Å². The van der Waals surface area contributed by atoms with Crippen molar-refractivity contribution in [3.8, 4) is 11.8 Å². The van der Waals surface area contributed by atoms with Crippen LogP contribution in [0.5, 0.6) is 0 Å². The molecule has 21 heavy (non-hydrogen) atoms. The minimum atomic E-state index is -0.573. The van der Waals surface area contributed by atoms with Gasteiger partial charge in [0.25, 0.3) is 5.91 Å². The maximum Gasteiger partial charge on any atom is 0.257 e. The summed E-state index contributed by atoms with van der Waals surface area (Å²) in [5.74, 6) is 4.32. The number of rotatable bonds is 2. The SMILES string of the molecule is NCC#Cc1cnccc1C(=O)Nc1cc(Cl)ccc1F. The Morgan fingerprint density at radius 3 is 3.00 bits per heavy atom. The summed E-state index contributed by atoms with van der Waals surface area (Å²) in [6.07, 6.45) is 2.91. The predicted octanol–water partition coefficient (Wildman–Crippen LogP) is 2.44. The topological polar surface area (TPSA) is 68.0 Å². The molecule has 1 amide bonds. The first-order valence-electron chi connectivity index (χ1n) is 6.01. The summed E-state index contributed by atoms with van der Waals surface area (Å²) in [5, 5.41) is 2.78. The third-order valence-electron chi connectivity index (χ3n) is 2.57. The predicted molar refractivity (Wildman–Crippen MR) is 79.5 cm³/mol. The first kappa shape index (κ1) is 15.0. The van der Waals surface area contributed by atoms with Crippen LogP contribution >= 0.6 is 11.6 Å². The summed E-state index contributed by atoms with van der Waals surface area (Å²) < 4.78 is 13.6. The fraction of sp³-hybridized carbons (Fsp3) is 0.0667. The number of nitrogens with two attached hydrogens (primary N) is 1. The molecular weight excluding hydrogens is 293 g/mol. The quantitative estimate of drug-likeness (QED) is 0.837. The van der Waals surface area contributed by atoms with E-state index in [0.717, 1.165) is 0 Å². The van der Waals surface area contributed by atoms with E-state index < -0.39 is 11.7 Å². The number of pyridine rings is 1. The lowest BCUT2D eigenvalue weighted by molar-refractivity contribution is 0.102. The van der Waals surface area contributed by atoms with Gasteiger partial charge in [0, 0.05) is 17.4 Å². The highest BCUT2D eigenvalue weighted by Crippen LogP contribution is 2.20. The van der Waals surface area contributed by atoms with Crippen LogP contribution in [0.15, 0.2) is 36.7 Å². The van der Waals surface area contributed by atoms with E-state index in [2.05, 4.69) is 22.1 Å². The van der Waals surface area contributed by atoms with Crippen molar-refractivity contribution >= 4 is 23.2 Å². The summed E-state index contributed by atoms with van der Waals surface area (Å²) in [7, 11) is 0. The number of amides is 1. The average Bonchev–Trinajstić information content (AvgIpc) is 2.49. The highest BCUT2D eigenvalue weighted by molar-refractivity contribution is 6.31. The molecule has 0 bridgehead atoms. The van der Waals surface area contributed by atoms with Crippen LogP contribution in [0.1, 0.15) is 15.9 Å². The lowest BCUT2D eigenvalue weighted by Gasteiger charge is -2.08. The number of aromatic nitrogens is 1. The highest BCUT2D eigenvalue weighted by atomic mass is 35.5. The molecule has 0 fully saturated rings. The molecule has 106 valence electrons. The minimum absolute atomic E-state index is 0.00189. The van der Waals surface area contributed by atoms with Gasteiger partial charge >= 0.3 is 0 Å². The molecular formula is C15H11ClFN3O. The summed E-state index contributed by atoms with van der Waals surface area (Å²) in [6, 6.07) is 5.41. The van der Waals surface area contributed by atoms with Crippen molar-refractivity contribution in [2.24, 2.45) is 5.73 Å². The standard InChI is InChI=1S/C15H11ClFN3O/c16-11-3-4-13(17)14(8-11)20-15(21)12-5-7-19-9-10(12)2-1-6-18/h3-5,7-9H,6,18H2,(H,20,21). The first-order chi connectivity index (χ1) is 10.1. The zero-order valence-electron chi connectivity index (χ0n) is 10.9. The number of nitrogens with zero attached hydrogens (tertiary/aromatic N) is 1. The van der Waals surface area contributed by atoms with Crippen LogP contribution in [0, 0.1) is 17.7 Å². The maximum atomic E-state index is 13.6. The Morgan fingerprint density at radius 2 is 2.24 bits per heavy atom. The molecule has 4 nitrogen and oxygen atoms in total. The fourth-order valence-corrected chi connectivity index (χ4v) is 1.79. The molecule has 1 heterocycles. The van der Waals surface area contributed by atoms with Gasteiger partial charge in [-0.05, 0) is 24.3 Å². The molecule has 3 N–H and O–H groups in total. The third kappa shape index (κ3) is 3.78. The Labute approximate surface area is 126 Å². The molecule has 2 rings (SSSR count). The van der Waals surface area contributed by atoms with Crippen LogP contribution in [0.25, 0.3) is 0 Å². The van der Waals surface area contributed by atoms with E-state index in [9.17, 15) is 9.18 Å². The lowest BCUT2D eigenvalue weighted by atomic mass is 10.1. The molecule has 0 unspecified atom stereocenters. The molecule has 0 aliphatic rings. The number of anilines is 1. The molecule has 0 aliphatic heterocycles.